The van der Waals surface area contributed by atoms with Crippen molar-refractivity contribution in [1.29, 1.82) is 0 Å². The zero-order valence-corrected chi connectivity index (χ0v) is 13.0. The van der Waals surface area contributed by atoms with Gasteiger partial charge in [0.1, 0.15) is 0 Å². The molecule has 0 saturated carbocycles. The van der Waals surface area contributed by atoms with E-state index in [4.69, 9.17) is 9.47 Å². The zero-order valence-electron chi connectivity index (χ0n) is 13.0. The van der Waals surface area contributed by atoms with Crippen LogP contribution < -0.4 is 10.6 Å². The van der Waals surface area contributed by atoms with Gasteiger partial charge in [-0.15, -0.1) is 0 Å². The Labute approximate surface area is 127 Å². The summed E-state index contributed by atoms with van der Waals surface area (Å²) in [6.45, 7) is 3.68. The van der Waals surface area contributed by atoms with Crippen molar-refractivity contribution in [3.63, 3.8) is 0 Å². The van der Waals surface area contributed by atoms with Crippen molar-refractivity contribution in [2.24, 2.45) is 4.99 Å². The third-order valence-corrected chi connectivity index (χ3v) is 2.84. The van der Waals surface area contributed by atoms with Crippen molar-refractivity contribution in [3.05, 3.63) is 30.1 Å². The lowest BCUT2D eigenvalue weighted by atomic mass is 10.2. The molecule has 0 fully saturated rings. The van der Waals surface area contributed by atoms with Crippen LogP contribution in [0.4, 0.5) is 0 Å². The average molecular weight is 294 g/mol. The lowest BCUT2D eigenvalue weighted by Gasteiger charge is -2.11. The molecule has 0 aliphatic rings. The lowest BCUT2D eigenvalue weighted by molar-refractivity contribution is 0.0698. The van der Waals surface area contributed by atoms with Gasteiger partial charge in [0.2, 0.25) is 0 Å². The normalized spacial score (nSPS) is 11.4. The predicted molar refractivity (Wildman–Crippen MR) is 84.6 cm³/mol. The van der Waals surface area contributed by atoms with Crippen LogP contribution in [0.2, 0.25) is 0 Å². The molecule has 6 heteroatoms. The molecule has 0 aromatic carbocycles. The van der Waals surface area contributed by atoms with Gasteiger partial charge in [0.25, 0.3) is 0 Å². The number of aromatic nitrogens is 1. The Hall–Kier alpha value is -1.66. The van der Waals surface area contributed by atoms with Crippen LogP contribution >= 0.6 is 0 Å². The highest BCUT2D eigenvalue weighted by molar-refractivity contribution is 5.79. The SMILES string of the molecule is CN=C(NCCCOCCOC)NCCc1cccnc1. The Bertz CT molecular complexity index is 385. The highest BCUT2D eigenvalue weighted by Gasteiger charge is 1.97. The van der Waals surface area contributed by atoms with Crippen molar-refractivity contribution in [2.75, 3.05) is 47.1 Å². The summed E-state index contributed by atoms with van der Waals surface area (Å²) >= 11 is 0. The third kappa shape index (κ3) is 8.99. The molecule has 0 spiro atoms. The molecule has 0 bridgehead atoms. The smallest absolute Gasteiger partial charge is 0.190 e. The molecule has 1 aromatic rings. The molecule has 0 unspecified atom stereocenters. The summed E-state index contributed by atoms with van der Waals surface area (Å²) in [4.78, 5) is 8.28. The van der Waals surface area contributed by atoms with E-state index in [0.717, 1.165) is 38.5 Å². The maximum absolute atomic E-state index is 5.40. The Kier molecular flexibility index (Phi) is 10.0. The molecular formula is C15H26N4O2. The highest BCUT2D eigenvalue weighted by atomic mass is 16.5. The van der Waals surface area contributed by atoms with Crippen LogP contribution in [-0.4, -0.2) is 58.0 Å². The van der Waals surface area contributed by atoms with E-state index < -0.39 is 0 Å². The molecule has 1 heterocycles. The van der Waals surface area contributed by atoms with Gasteiger partial charge in [-0.2, -0.15) is 0 Å². The number of ether oxygens (including phenoxy) is 2. The fraction of sp³-hybridized carbons (Fsp3) is 0.600. The number of rotatable bonds is 10. The lowest BCUT2D eigenvalue weighted by Crippen LogP contribution is -2.39. The van der Waals surface area contributed by atoms with Crippen molar-refractivity contribution < 1.29 is 9.47 Å². The summed E-state index contributed by atoms with van der Waals surface area (Å²) in [5.41, 5.74) is 1.21. The number of pyridine rings is 1. The van der Waals surface area contributed by atoms with Gasteiger partial charge in [-0.25, -0.2) is 0 Å². The van der Waals surface area contributed by atoms with E-state index in [2.05, 4.69) is 26.7 Å². The van der Waals surface area contributed by atoms with Gasteiger partial charge in [-0.05, 0) is 24.5 Å². The van der Waals surface area contributed by atoms with Gasteiger partial charge >= 0.3 is 0 Å². The van der Waals surface area contributed by atoms with Gasteiger partial charge in [0.15, 0.2) is 5.96 Å². The molecule has 0 atom stereocenters. The Morgan fingerprint density at radius 1 is 1.24 bits per heavy atom. The molecule has 2 N–H and O–H groups in total. The number of hydrogen-bond donors (Lipinski definition) is 2. The molecule has 118 valence electrons. The van der Waals surface area contributed by atoms with E-state index in [1.165, 1.54) is 5.56 Å². The van der Waals surface area contributed by atoms with E-state index in [0.29, 0.717) is 13.2 Å². The number of guanidine groups is 1. The summed E-state index contributed by atoms with van der Waals surface area (Å²) < 4.78 is 10.3. The molecule has 0 amide bonds. The minimum absolute atomic E-state index is 0.644. The molecule has 1 aromatic heterocycles. The Balaban J connectivity index is 2.04. The molecule has 0 saturated heterocycles. The van der Waals surface area contributed by atoms with Crippen LogP contribution in [0, 0.1) is 0 Å². The van der Waals surface area contributed by atoms with Crippen molar-refractivity contribution in [2.45, 2.75) is 12.8 Å². The van der Waals surface area contributed by atoms with Crippen LogP contribution in [0.1, 0.15) is 12.0 Å². The van der Waals surface area contributed by atoms with E-state index in [1.54, 1.807) is 20.4 Å². The number of nitrogens with one attached hydrogen (secondary N) is 2. The summed E-state index contributed by atoms with van der Waals surface area (Å²) in [7, 11) is 3.45. The molecule has 0 aliphatic carbocycles. The van der Waals surface area contributed by atoms with Crippen LogP contribution in [0.3, 0.4) is 0 Å². The first-order valence-corrected chi connectivity index (χ1v) is 7.27. The molecule has 21 heavy (non-hydrogen) atoms. The quantitative estimate of drug-likeness (QED) is 0.380. The van der Waals surface area contributed by atoms with Crippen molar-refractivity contribution >= 4 is 5.96 Å². The minimum Gasteiger partial charge on any atom is -0.382 e. The van der Waals surface area contributed by atoms with E-state index in [9.17, 15) is 0 Å². The minimum atomic E-state index is 0.644. The predicted octanol–water partition coefficient (Wildman–Crippen LogP) is 0.842. The van der Waals surface area contributed by atoms with Crippen LogP contribution in [0.15, 0.2) is 29.5 Å². The monoisotopic (exact) mass is 294 g/mol. The second-order valence-electron chi connectivity index (χ2n) is 4.50. The Morgan fingerprint density at radius 3 is 2.81 bits per heavy atom. The third-order valence-electron chi connectivity index (χ3n) is 2.84. The van der Waals surface area contributed by atoms with Gasteiger partial charge < -0.3 is 20.1 Å². The number of hydrogen-bond acceptors (Lipinski definition) is 4. The first-order valence-electron chi connectivity index (χ1n) is 7.27. The van der Waals surface area contributed by atoms with Crippen LogP contribution in [-0.2, 0) is 15.9 Å². The van der Waals surface area contributed by atoms with Crippen molar-refractivity contribution in [1.82, 2.24) is 15.6 Å². The first-order chi connectivity index (χ1) is 10.4. The second kappa shape index (κ2) is 12.1. The molecule has 0 aliphatic heterocycles. The van der Waals surface area contributed by atoms with Gasteiger partial charge in [0, 0.05) is 46.2 Å². The maximum Gasteiger partial charge on any atom is 0.190 e. The number of nitrogens with zero attached hydrogens (tertiary/aromatic N) is 2. The summed E-state index contributed by atoms with van der Waals surface area (Å²) in [6.07, 6.45) is 5.53. The topological polar surface area (TPSA) is 67.8 Å². The Morgan fingerprint density at radius 2 is 2.10 bits per heavy atom. The fourth-order valence-electron chi connectivity index (χ4n) is 1.72. The van der Waals surface area contributed by atoms with Gasteiger partial charge in [-0.3, -0.25) is 9.98 Å². The number of methoxy groups -OCH3 is 1. The summed E-state index contributed by atoms with van der Waals surface area (Å²) in [6, 6.07) is 4.02. The maximum atomic E-state index is 5.40. The molecule has 6 nitrogen and oxygen atoms in total. The summed E-state index contributed by atoms with van der Waals surface area (Å²) in [5.74, 6) is 0.816. The van der Waals surface area contributed by atoms with Crippen LogP contribution in [0.25, 0.3) is 0 Å². The van der Waals surface area contributed by atoms with E-state index >= 15 is 0 Å². The molecule has 0 radical (unpaired) electrons. The van der Waals surface area contributed by atoms with Crippen molar-refractivity contribution in [3.8, 4) is 0 Å². The average Bonchev–Trinajstić information content (AvgIpc) is 2.53. The standard InChI is InChI=1S/C15H26N4O2/c1-16-15(18-8-4-10-21-12-11-20-2)19-9-6-14-5-3-7-17-13-14/h3,5,7,13H,4,6,8-12H2,1-2H3,(H2,16,18,19). The first kappa shape index (κ1) is 17.4. The molecule has 1 rings (SSSR count). The zero-order chi connectivity index (χ0) is 15.2. The fourth-order valence-corrected chi connectivity index (χ4v) is 1.72. The van der Waals surface area contributed by atoms with Gasteiger partial charge in [0.05, 0.1) is 13.2 Å². The summed E-state index contributed by atoms with van der Waals surface area (Å²) in [5, 5.41) is 6.54. The van der Waals surface area contributed by atoms with Gasteiger partial charge in [-0.1, -0.05) is 6.07 Å². The van der Waals surface area contributed by atoms with E-state index in [-0.39, 0.29) is 0 Å². The highest BCUT2D eigenvalue weighted by Crippen LogP contribution is 1.95. The largest absolute Gasteiger partial charge is 0.382 e. The second-order valence-corrected chi connectivity index (χ2v) is 4.50. The molecular weight excluding hydrogens is 268 g/mol. The van der Waals surface area contributed by atoms with Crippen LogP contribution in [0.5, 0.6) is 0 Å². The van der Waals surface area contributed by atoms with E-state index in [1.807, 2.05) is 12.3 Å². The number of aliphatic imine (C=N–C) groups is 1.